The van der Waals surface area contributed by atoms with Crippen LogP contribution in [0.25, 0.3) is 0 Å². The van der Waals surface area contributed by atoms with Gasteiger partial charge in [-0.05, 0) is 55.2 Å². The van der Waals surface area contributed by atoms with Crippen LogP contribution in [0.2, 0.25) is 0 Å². The average molecular weight is 371 g/mol. The van der Waals surface area contributed by atoms with Crippen LogP contribution in [0, 0.1) is 11.8 Å². The summed E-state index contributed by atoms with van der Waals surface area (Å²) in [6.07, 6.45) is 1.59. The summed E-state index contributed by atoms with van der Waals surface area (Å²) in [7, 11) is -3.15. The zero-order valence-corrected chi connectivity index (χ0v) is 16.3. The zero-order valence-electron chi connectivity index (χ0n) is 15.4. The largest absolute Gasteiger partial charge is 0.288 e. The Labute approximate surface area is 161 Å². The molecule has 2 nitrogen and oxygen atoms in total. The minimum Gasteiger partial charge on any atom is -0.288 e. The van der Waals surface area contributed by atoms with Gasteiger partial charge >= 0.3 is 0 Å². The van der Waals surface area contributed by atoms with Crippen molar-refractivity contribution in [2.24, 2.45) is 4.76 Å². The molecule has 0 unspecified atom stereocenters. The summed E-state index contributed by atoms with van der Waals surface area (Å²) >= 11 is 0. The maximum absolute atomic E-state index is 14.1. The lowest BCUT2D eigenvalue weighted by Crippen LogP contribution is -2.15. The van der Waals surface area contributed by atoms with Crippen molar-refractivity contribution < 1.29 is 4.57 Å². The molecule has 0 bridgehead atoms. The topological polar surface area (TPSA) is 29.4 Å². The van der Waals surface area contributed by atoms with E-state index in [1.807, 2.05) is 91.0 Å². The SMILES string of the molecule is CCCC(C#Cc1ccccc1)=NP(=O)(c1ccccc1)c1ccccc1. The van der Waals surface area contributed by atoms with Gasteiger partial charge in [-0.2, -0.15) is 0 Å². The molecule has 0 aliphatic rings. The molecule has 0 amide bonds. The van der Waals surface area contributed by atoms with Crippen LogP contribution >= 0.6 is 7.29 Å². The van der Waals surface area contributed by atoms with Gasteiger partial charge in [0, 0.05) is 16.2 Å². The van der Waals surface area contributed by atoms with E-state index >= 15 is 0 Å². The molecular formula is C24H22NOP. The molecule has 0 N–H and O–H groups in total. The van der Waals surface area contributed by atoms with Gasteiger partial charge in [-0.25, -0.2) is 4.76 Å². The Morgan fingerprint density at radius 1 is 0.815 bits per heavy atom. The van der Waals surface area contributed by atoms with Gasteiger partial charge in [0.15, 0.2) is 0 Å². The van der Waals surface area contributed by atoms with Gasteiger partial charge in [0.05, 0.1) is 5.71 Å². The first-order chi connectivity index (χ1) is 13.2. The number of hydrogen-bond acceptors (Lipinski definition) is 1. The van der Waals surface area contributed by atoms with E-state index in [9.17, 15) is 4.57 Å². The second kappa shape index (κ2) is 9.17. The third-order valence-electron chi connectivity index (χ3n) is 4.09. The lowest BCUT2D eigenvalue weighted by atomic mass is 10.2. The number of nitrogens with zero attached hydrogens (tertiary/aromatic N) is 1. The Hall–Kier alpha value is -2.88. The highest BCUT2D eigenvalue weighted by Crippen LogP contribution is 2.45. The number of rotatable bonds is 5. The highest BCUT2D eigenvalue weighted by atomic mass is 31.2. The molecule has 0 saturated carbocycles. The van der Waals surface area contributed by atoms with E-state index in [1.165, 1.54) is 0 Å². The summed E-state index contributed by atoms with van der Waals surface area (Å²) in [6, 6.07) is 28.8. The Morgan fingerprint density at radius 3 is 1.78 bits per heavy atom. The summed E-state index contributed by atoms with van der Waals surface area (Å²) < 4.78 is 18.8. The standard InChI is InChI=1S/C24H22NOP/c1-2-12-22(20-19-21-13-6-3-7-14-21)25-27(26,23-15-8-4-9-16-23)24-17-10-5-11-18-24/h3-11,13-18H,2,12H2,1H3. The Morgan fingerprint density at radius 2 is 1.30 bits per heavy atom. The molecule has 0 radical (unpaired) electrons. The Kier molecular flexibility index (Phi) is 6.42. The highest BCUT2D eigenvalue weighted by Gasteiger charge is 2.26. The fourth-order valence-electron chi connectivity index (χ4n) is 2.73. The van der Waals surface area contributed by atoms with Gasteiger partial charge in [0.25, 0.3) is 0 Å². The molecule has 0 aliphatic heterocycles. The van der Waals surface area contributed by atoms with E-state index in [0.717, 1.165) is 22.6 Å². The van der Waals surface area contributed by atoms with Crippen molar-refractivity contribution in [3.8, 4) is 11.8 Å². The van der Waals surface area contributed by atoms with Crippen LogP contribution in [0.4, 0.5) is 0 Å². The highest BCUT2D eigenvalue weighted by molar-refractivity contribution is 7.77. The van der Waals surface area contributed by atoms with Gasteiger partial charge in [-0.15, -0.1) is 0 Å². The van der Waals surface area contributed by atoms with Gasteiger partial charge in [-0.1, -0.05) is 67.4 Å². The van der Waals surface area contributed by atoms with Crippen LogP contribution in [0.1, 0.15) is 25.3 Å². The third-order valence-corrected chi connectivity index (χ3v) is 6.60. The smallest absolute Gasteiger partial charge is 0.248 e. The van der Waals surface area contributed by atoms with Crippen molar-refractivity contribution >= 4 is 23.6 Å². The minimum atomic E-state index is -3.15. The fourth-order valence-corrected chi connectivity index (χ4v) is 4.91. The van der Waals surface area contributed by atoms with Crippen LogP contribution in [-0.2, 0) is 4.57 Å². The Bertz CT molecular complexity index is 956. The molecular weight excluding hydrogens is 349 g/mol. The second-order valence-electron chi connectivity index (χ2n) is 6.16. The lowest BCUT2D eigenvalue weighted by Gasteiger charge is -2.15. The molecule has 0 saturated heterocycles. The first-order valence-electron chi connectivity index (χ1n) is 9.10. The van der Waals surface area contributed by atoms with E-state index < -0.39 is 7.29 Å². The summed E-state index contributed by atoms with van der Waals surface area (Å²) in [6.45, 7) is 2.08. The second-order valence-corrected chi connectivity index (χ2v) is 8.54. The van der Waals surface area contributed by atoms with E-state index in [-0.39, 0.29) is 0 Å². The molecule has 27 heavy (non-hydrogen) atoms. The van der Waals surface area contributed by atoms with Gasteiger partial charge in [-0.3, -0.25) is 4.57 Å². The predicted molar refractivity (Wildman–Crippen MR) is 115 cm³/mol. The quantitative estimate of drug-likeness (QED) is 0.344. The van der Waals surface area contributed by atoms with Crippen LogP contribution in [-0.4, -0.2) is 5.71 Å². The first-order valence-corrected chi connectivity index (χ1v) is 10.8. The van der Waals surface area contributed by atoms with Gasteiger partial charge in [0.1, 0.15) is 0 Å². The first kappa shape index (κ1) is 18.9. The fraction of sp³-hybridized carbons (Fsp3) is 0.125. The van der Waals surface area contributed by atoms with E-state index in [2.05, 4.69) is 18.8 Å². The lowest BCUT2D eigenvalue weighted by molar-refractivity contribution is 0.588. The molecule has 0 spiro atoms. The van der Waals surface area contributed by atoms with Gasteiger partial charge in [0.2, 0.25) is 7.29 Å². The van der Waals surface area contributed by atoms with Crippen molar-refractivity contribution in [1.82, 2.24) is 0 Å². The van der Waals surface area contributed by atoms with E-state index in [4.69, 9.17) is 4.76 Å². The Balaban J connectivity index is 2.10. The summed E-state index contributed by atoms with van der Waals surface area (Å²) in [5, 5.41) is 1.46. The van der Waals surface area contributed by atoms with Crippen molar-refractivity contribution in [3.05, 3.63) is 96.6 Å². The zero-order chi connectivity index (χ0) is 19.0. The van der Waals surface area contributed by atoms with Crippen molar-refractivity contribution in [2.45, 2.75) is 19.8 Å². The summed E-state index contributed by atoms with van der Waals surface area (Å²) in [5.74, 6) is 6.31. The third kappa shape index (κ3) is 4.85. The number of hydrogen-bond donors (Lipinski definition) is 0. The summed E-state index contributed by atoms with van der Waals surface area (Å²) in [4.78, 5) is 0. The molecule has 3 aromatic carbocycles. The van der Waals surface area contributed by atoms with Crippen LogP contribution in [0.5, 0.6) is 0 Å². The maximum atomic E-state index is 14.1. The van der Waals surface area contributed by atoms with E-state index in [0.29, 0.717) is 12.1 Å². The molecule has 3 heteroatoms. The summed E-state index contributed by atoms with van der Waals surface area (Å²) in [5.41, 5.74) is 1.60. The molecule has 0 atom stereocenters. The van der Waals surface area contributed by atoms with Crippen molar-refractivity contribution in [1.29, 1.82) is 0 Å². The molecule has 0 fully saturated rings. The molecule has 134 valence electrons. The molecule has 3 aromatic rings. The average Bonchev–Trinajstić information content (AvgIpc) is 2.74. The molecule has 0 aliphatic carbocycles. The normalized spacial score (nSPS) is 11.5. The number of benzene rings is 3. The minimum absolute atomic E-state index is 0.678. The van der Waals surface area contributed by atoms with Crippen molar-refractivity contribution in [2.75, 3.05) is 0 Å². The van der Waals surface area contributed by atoms with Crippen LogP contribution in [0.15, 0.2) is 95.8 Å². The maximum Gasteiger partial charge on any atom is 0.248 e. The molecule has 3 rings (SSSR count). The molecule has 0 heterocycles. The van der Waals surface area contributed by atoms with Crippen LogP contribution < -0.4 is 10.6 Å². The van der Waals surface area contributed by atoms with Gasteiger partial charge < -0.3 is 0 Å². The molecule has 0 aromatic heterocycles. The predicted octanol–water partition coefficient (Wildman–Crippen LogP) is 5.21. The van der Waals surface area contributed by atoms with E-state index in [1.54, 1.807) is 0 Å². The van der Waals surface area contributed by atoms with Crippen molar-refractivity contribution in [3.63, 3.8) is 0 Å². The monoisotopic (exact) mass is 371 g/mol. The van der Waals surface area contributed by atoms with Crippen LogP contribution in [0.3, 0.4) is 0 Å².